The molecule has 0 aromatic heterocycles. The van der Waals surface area contributed by atoms with E-state index in [1.54, 1.807) is 0 Å². The van der Waals surface area contributed by atoms with Crippen molar-refractivity contribution in [3.8, 4) is 0 Å². The summed E-state index contributed by atoms with van der Waals surface area (Å²) in [5.74, 6) is -0.997. The number of alkyl halides is 1. The Kier molecular flexibility index (Phi) is 4.49. The normalized spacial score (nSPS) is 13.8. The third-order valence-corrected chi connectivity index (χ3v) is 3.75. The van der Waals surface area contributed by atoms with Crippen LogP contribution in [0.5, 0.6) is 0 Å². The van der Waals surface area contributed by atoms with Gasteiger partial charge in [-0.05, 0) is 18.9 Å². The summed E-state index contributed by atoms with van der Waals surface area (Å²) < 4.78 is 0. The number of imide groups is 1. The molecule has 1 aromatic carbocycles. The molecule has 0 atom stereocenters. The number of halogens is 1. The number of rotatable bonds is 6. The van der Waals surface area contributed by atoms with E-state index in [9.17, 15) is 19.7 Å². The smallest absolute Gasteiger partial charge is 0.274 e. The zero-order valence-electron chi connectivity index (χ0n) is 10.7. The molecule has 1 aromatic rings. The molecule has 0 saturated heterocycles. The molecule has 106 valence electrons. The average Bonchev–Trinajstić information content (AvgIpc) is 2.68. The van der Waals surface area contributed by atoms with Gasteiger partial charge in [-0.15, -0.1) is 0 Å². The second-order valence-electron chi connectivity index (χ2n) is 4.47. The number of unbranched alkanes of at least 4 members (excludes halogenated alkanes) is 2. The van der Waals surface area contributed by atoms with Crippen LogP contribution in [0.25, 0.3) is 0 Å². The van der Waals surface area contributed by atoms with Crippen LogP contribution in [0.1, 0.15) is 40.0 Å². The molecule has 2 amide bonds. The molecule has 7 heteroatoms. The molecular formula is C13H13BrN2O4. The van der Waals surface area contributed by atoms with E-state index < -0.39 is 16.7 Å². The molecule has 20 heavy (non-hydrogen) atoms. The largest absolute Gasteiger partial charge is 0.282 e. The maximum absolute atomic E-state index is 12.2. The van der Waals surface area contributed by atoms with Crippen molar-refractivity contribution >= 4 is 33.4 Å². The standard InChI is InChI=1S/C13H13BrN2O4/c14-7-2-1-3-8-15-12(17)9-5-4-6-10(16(19)20)11(9)13(15)18/h4-6H,1-3,7-8H2. The molecule has 1 heterocycles. The molecule has 1 aliphatic heterocycles. The molecule has 0 spiro atoms. The summed E-state index contributed by atoms with van der Waals surface area (Å²) in [7, 11) is 0. The van der Waals surface area contributed by atoms with Crippen LogP contribution in [0, 0.1) is 10.1 Å². The summed E-state index contributed by atoms with van der Waals surface area (Å²) >= 11 is 3.31. The number of fused-ring (bicyclic) bond motifs is 1. The number of carbonyl (C=O) groups excluding carboxylic acids is 2. The van der Waals surface area contributed by atoms with E-state index in [0.29, 0.717) is 13.0 Å². The van der Waals surface area contributed by atoms with Gasteiger partial charge in [0, 0.05) is 17.9 Å². The molecule has 6 nitrogen and oxygen atoms in total. The SMILES string of the molecule is O=C1c2cccc([N+](=O)[O-])c2C(=O)N1CCCCCBr. The van der Waals surface area contributed by atoms with Gasteiger partial charge in [0.2, 0.25) is 0 Å². The van der Waals surface area contributed by atoms with Gasteiger partial charge in [-0.1, -0.05) is 28.4 Å². The number of benzene rings is 1. The molecule has 0 bridgehead atoms. The molecule has 0 N–H and O–H groups in total. The predicted octanol–water partition coefficient (Wildman–Crippen LogP) is 2.76. The van der Waals surface area contributed by atoms with E-state index in [4.69, 9.17) is 0 Å². The van der Waals surface area contributed by atoms with Crippen LogP contribution in [-0.2, 0) is 0 Å². The van der Waals surface area contributed by atoms with Gasteiger partial charge < -0.3 is 0 Å². The fourth-order valence-corrected chi connectivity index (χ4v) is 2.61. The minimum Gasteiger partial charge on any atom is -0.274 e. The van der Waals surface area contributed by atoms with Crippen LogP contribution < -0.4 is 0 Å². The van der Waals surface area contributed by atoms with Crippen molar-refractivity contribution in [2.75, 3.05) is 11.9 Å². The Bertz CT molecular complexity index is 573. The topological polar surface area (TPSA) is 80.5 Å². The zero-order valence-corrected chi connectivity index (χ0v) is 12.3. The van der Waals surface area contributed by atoms with Crippen LogP contribution in [-0.4, -0.2) is 33.5 Å². The molecule has 0 aliphatic carbocycles. The van der Waals surface area contributed by atoms with Gasteiger partial charge in [0.15, 0.2) is 0 Å². The molecule has 0 radical (unpaired) electrons. The fourth-order valence-electron chi connectivity index (χ4n) is 2.21. The molecule has 0 saturated carbocycles. The molecule has 2 rings (SSSR count). The number of nitro groups is 1. The Morgan fingerprint density at radius 1 is 1.15 bits per heavy atom. The lowest BCUT2D eigenvalue weighted by atomic mass is 10.1. The minimum absolute atomic E-state index is 0.0806. The van der Waals surface area contributed by atoms with Gasteiger partial charge in [-0.2, -0.15) is 0 Å². The number of amides is 2. The highest BCUT2D eigenvalue weighted by Gasteiger charge is 2.40. The van der Waals surface area contributed by atoms with Crippen molar-refractivity contribution < 1.29 is 14.5 Å². The fraction of sp³-hybridized carbons (Fsp3) is 0.385. The van der Waals surface area contributed by atoms with E-state index in [1.165, 1.54) is 18.2 Å². The zero-order chi connectivity index (χ0) is 14.7. The van der Waals surface area contributed by atoms with Gasteiger partial charge in [0.05, 0.1) is 10.5 Å². The summed E-state index contributed by atoms with van der Waals surface area (Å²) in [6.45, 7) is 0.302. The highest BCUT2D eigenvalue weighted by molar-refractivity contribution is 9.09. The summed E-state index contributed by atoms with van der Waals surface area (Å²) in [5.41, 5.74) is -0.253. The van der Waals surface area contributed by atoms with Gasteiger partial charge in [0.1, 0.15) is 5.56 Å². The van der Waals surface area contributed by atoms with Gasteiger partial charge in [0.25, 0.3) is 17.5 Å². The Morgan fingerprint density at radius 3 is 2.55 bits per heavy atom. The quantitative estimate of drug-likeness (QED) is 0.262. The van der Waals surface area contributed by atoms with E-state index in [-0.39, 0.29) is 16.8 Å². The second kappa shape index (κ2) is 6.13. The highest BCUT2D eigenvalue weighted by Crippen LogP contribution is 2.30. The average molecular weight is 341 g/mol. The maximum Gasteiger partial charge on any atom is 0.282 e. The number of nitro benzene ring substituents is 1. The lowest BCUT2D eigenvalue weighted by molar-refractivity contribution is -0.385. The van der Waals surface area contributed by atoms with E-state index >= 15 is 0 Å². The summed E-state index contributed by atoms with van der Waals surface area (Å²) in [5, 5.41) is 11.8. The number of hydrogen-bond donors (Lipinski definition) is 0. The minimum atomic E-state index is -0.627. The first-order valence-electron chi connectivity index (χ1n) is 6.27. The van der Waals surface area contributed by atoms with Crippen molar-refractivity contribution in [1.82, 2.24) is 4.90 Å². The van der Waals surface area contributed by atoms with Crippen molar-refractivity contribution in [2.45, 2.75) is 19.3 Å². The van der Waals surface area contributed by atoms with Gasteiger partial charge >= 0.3 is 0 Å². The van der Waals surface area contributed by atoms with E-state index in [2.05, 4.69) is 15.9 Å². The van der Waals surface area contributed by atoms with Crippen LogP contribution in [0.3, 0.4) is 0 Å². The Balaban J connectivity index is 2.22. The van der Waals surface area contributed by atoms with Gasteiger partial charge in [-0.3, -0.25) is 24.6 Å². The monoisotopic (exact) mass is 340 g/mol. The first-order chi connectivity index (χ1) is 9.57. The lowest BCUT2D eigenvalue weighted by Crippen LogP contribution is -2.30. The first kappa shape index (κ1) is 14.6. The maximum atomic E-state index is 12.2. The molecule has 1 aliphatic rings. The number of nitrogens with zero attached hydrogens (tertiary/aromatic N) is 2. The van der Waals surface area contributed by atoms with Crippen LogP contribution in [0.2, 0.25) is 0 Å². The molecular weight excluding hydrogens is 328 g/mol. The third kappa shape index (κ3) is 2.58. The van der Waals surface area contributed by atoms with Crippen molar-refractivity contribution in [1.29, 1.82) is 0 Å². The lowest BCUT2D eigenvalue weighted by Gasteiger charge is -2.12. The third-order valence-electron chi connectivity index (χ3n) is 3.19. The van der Waals surface area contributed by atoms with Crippen LogP contribution in [0.4, 0.5) is 5.69 Å². The summed E-state index contributed by atoms with van der Waals surface area (Å²) in [4.78, 5) is 35.7. The van der Waals surface area contributed by atoms with Crippen molar-refractivity contribution in [3.63, 3.8) is 0 Å². The summed E-state index contributed by atoms with van der Waals surface area (Å²) in [6, 6.07) is 4.13. The van der Waals surface area contributed by atoms with Crippen molar-refractivity contribution in [2.24, 2.45) is 0 Å². The summed E-state index contributed by atoms with van der Waals surface area (Å²) in [6.07, 6.45) is 2.55. The van der Waals surface area contributed by atoms with Gasteiger partial charge in [-0.25, -0.2) is 0 Å². The Hall–Kier alpha value is -1.76. The first-order valence-corrected chi connectivity index (χ1v) is 7.39. The van der Waals surface area contributed by atoms with Crippen molar-refractivity contribution in [3.05, 3.63) is 39.4 Å². The molecule has 0 fully saturated rings. The number of carbonyl (C=O) groups is 2. The Labute approximate surface area is 124 Å². The number of hydrogen-bond acceptors (Lipinski definition) is 4. The van der Waals surface area contributed by atoms with E-state index in [0.717, 1.165) is 23.1 Å². The predicted molar refractivity (Wildman–Crippen MR) is 76.1 cm³/mol. The molecule has 0 unspecified atom stereocenters. The Morgan fingerprint density at radius 2 is 1.90 bits per heavy atom. The van der Waals surface area contributed by atoms with Crippen LogP contribution in [0.15, 0.2) is 18.2 Å². The van der Waals surface area contributed by atoms with E-state index in [1.807, 2.05) is 0 Å². The van der Waals surface area contributed by atoms with Crippen LogP contribution >= 0.6 is 15.9 Å². The highest BCUT2D eigenvalue weighted by atomic mass is 79.9. The second-order valence-corrected chi connectivity index (χ2v) is 5.26.